The fraction of sp³-hybridized carbons (Fsp3) is 0.286. The molecule has 4 nitrogen and oxygen atoms in total. The summed E-state index contributed by atoms with van der Waals surface area (Å²) in [5.74, 6) is -0.108. The van der Waals surface area contributed by atoms with E-state index >= 15 is 0 Å². The van der Waals surface area contributed by atoms with Crippen LogP contribution in [0.3, 0.4) is 0 Å². The van der Waals surface area contributed by atoms with Gasteiger partial charge in [0, 0.05) is 19.0 Å². The van der Waals surface area contributed by atoms with Crippen molar-refractivity contribution in [2.24, 2.45) is 0 Å². The number of amides is 1. The Hall–Kier alpha value is -2.66. The molecule has 0 bridgehead atoms. The Morgan fingerprint density at radius 2 is 2.12 bits per heavy atom. The molecule has 0 radical (unpaired) electrons. The molecular weight excluding hydrogens is 331 g/mol. The molecule has 1 atom stereocenters. The summed E-state index contributed by atoms with van der Waals surface area (Å²) < 4.78 is 20.0. The third-order valence-electron chi connectivity index (χ3n) is 4.53. The van der Waals surface area contributed by atoms with Crippen LogP contribution >= 0.6 is 0 Å². The van der Waals surface area contributed by atoms with Crippen LogP contribution in [-0.4, -0.2) is 25.7 Å². The number of nitrogens with one attached hydrogen (secondary N) is 1. The van der Waals surface area contributed by atoms with E-state index in [1.165, 1.54) is 11.0 Å². The molecule has 5 heteroatoms. The van der Waals surface area contributed by atoms with Crippen molar-refractivity contribution in [3.05, 3.63) is 78.1 Å². The van der Waals surface area contributed by atoms with Gasteiger partial charge in [0.2, 0.25) is 0 Å². The Bertz CT molecular complexity index is 758. The lowest BCUT2D eigenvalue weighted by molar-refractivity contribution is 0.147. The molecule has 3 rings (SSSR count). The number of hydrogen-bond acceptors (Lipinski definition) is 3. The number of halogens is 1. The lowest BCUT2D eigenvalue weighted by Crippen LogP contribution is -2.31. The molecule has 1 aliphatic heterocycles. The lowest BCUT2D eigenvalue weighted by atomic mass is 9.97. The summed E-state index contributed by atoms with van der Waals surface area (Å²) >= 11 is 0. The summed E-state index contributed by atoms with van der Waals surface area (Å²) in [6, 6.07) is 14.4. The molecule has 1 aliphatic rings. The third-order valence-corrected chi connectivity index (χ3v) is 4.53. The maximum absolute atomic E-state index is 14.6. The maximum atomic E-state index is 14.6. The Morgan fingerprint density at radius 1 is 1.31 bits per heavy atom. The molecule has 1 fully saturated rings. The number of anilines is 1. The van der Waals surface area contributed by atoms with Crippen LogP contribution < -0.4 is 10.2 Å². The third kappa shape index (κ3) is 4.29. The van der Waals surface area contributed by atoms with E-state index < -0.39 is 6.09 Å². The van der Waals surface area contributed by atoms with Crippen molar-refractivity contribution in [3.63, 3.8) is 0 Å². The van der Waals surface area contributed by atoms with Crippen molar-refractivity contribution < 1.29 is 13.9 Å². The molecule has 0 aromatic heterocycles. The van der Waals surface area contributed by atoms with Crippen LogP contribution in [0.2, 0.25) is 0 Å². The van der Waals surface area contributed by atoms with Crippen LogP contribution in [0, 0.1) is 5.82 Å². The van der Waals surface area contributed by atoms with Gasteiger partial charge in [-0.2, -0.15) is 0 Å². The lowest BCUT2D eigenvalue weighted by Gasteiger charge is -2.22. The van der Waals surface area contributed by atoms with E-state index in [4.69, 9.17) is 4.74 Å². The number of carbonyl (C=O) groups is 1. The fourth-order valence-corrected chi connectivity index (χ4v) is 3.15. The molecule has 0 spiro atoms. The Balaban J connectivity index is 1.73. The van der Waals surface area contributed by atoms with Gasteiger partial charge in [-0.05, 0) is 36.2 Å². The molecule has 1 amide bonds. The van der Waals surface area contributed by atoms with Crippen molar-refractivity contribution in [2.45, 2.75) is 18.9 Å². The molecule has 136 valence electrons. The highest BCUT2D eigenvalue weighted by molar-refractivity contribution is 5.88. The van der Waals surface area contributed by atoms with Gasteiger partial charge in [-0.1, -0.05) is 42.5 Å². The van der Waals surface area contributed by atoms with E-state index in [2.05, 4.69) is 11.9 Å². The summed E-state index contributed by atoms with van der Waals surface area (Å²) in [6.45, 7) is 5.78. The van der Waals surface area contributed by atoms with Crippen LogP contribution in [0.1, 0.15) is 23.5 Å². The van der Waals surface area contributed by atoms with Crippen molar-refractivity contribution >= 4 is 11.8 Å². The van der Waals surface area contributed by atoms with Crippen LogP contribution in [0.4, 0.5) is 14.9 Å². The summed E-state index contributed by atoms with van der Waals surface area (Å²) in [4.78, 5) is 13.9. The van der Waals surface area contributed by atoms with E-state index in [0.717, 1.165) is 25.1 Å². The molecule has 26 heavy (non-hydrogen) atoms. The van der Waals surface area contributed by atoms with Crippen molar-refractivity contribution in [3.8, 4) is 0 Å². The quantitative estimate of drug-likeness (QED) is 0.789. The van der Waals surface area contributed by atoms with Gasteiger partial charge in [0.1, 0.15) is 12.4 Å². The predicted molar refractivity (Wildman–Crippen MR) is 101 cm³/mol. The Labute approximate surface area is 153 Å². The van der Waals surface area contributed by atoms with Gasteiger partial charge in [0.15, 0.2) is 0 Å². The van der Waals surface area contributed by atoms with Crippen molar-refractivity contribution in [1.82, 2.24) is 5.32 Å². The van der Waals surface area contributed by atoms with Gasteiger partial charge in [-0.15, -0.1) is 6.58 Å². The van der Waals surface area contributed by atoms with Gasteiger partial charge in [0.25, 0.3) is 0 Å². The first-order valence-corrected chi connectivity index (χ1v) is 8.78. The summed E-state index contributed by atoms with van der Waals surface area (Å²) in [5.41, 5.74) is 2.06. The molecular formula is C21H23FN2O2. The minimum absolute atomic E-state index is 0.168. The Morgan fingerprint density at radius 3 is 2.77 bits per heavy atom. The molecule has 1 heterocycles. The molecule has 1 N–H and O–H groups in total. The number of benzene rings is 2. The minimum Gasteiger partial charge on any atom is -0.444 e. The molecule has 2 aromatic rings. The van der Waals surface area contributed by atoms with Gasteiger partial charge in [-0.25, -0.2) is 9.18 Å². The largest absolute Gasteiger partial charge is 0.444 e. The highest BCUT2D eigenvalue weighted by Gasteiger charge is 2.22. The smallest absolute Gasteiger partial charge is 0.414 e. The highest BCUT2D eigenvalue weighted by Crippen LogP contribution is 2.28. The number of hydrogen-bond donors (Lipinski definition) is 1. The van der Waals surface area contributed by atoms with E-state index in [1.54, 1.807) is 18.2 Å². The molecule has 0 saturated carbocycles. The summed E-state index contributed by atoms with van der Waals surface area (Å²) in [6.07, 6.45) is 1.99. The van der Waals surface area contributed by atoms with Crippen molar-refractivity contribution in [1.29, 1.82) is 0 Å². The monoisotopic (exact) mass is 354 g/mol. The normalized spacial score (nSPS) is 16.3. The summed E-state index contributed by atoms with van der Waals surface area (Å²) in [5, 5.41) is 3.24. The second-order valence-corrected chi connectivity index (χ2v) is 6.34. The SMILES string of the molecule is C=CCN(C(=O)OCc1ccccc1)c1ccc(C2CCNC2)c(F)c1. The van der Waals surface area contributed by atoms with Gasteiger partial charge < -0.3 is 10.1 Å². The van der Waals surface area contributed by atoms with Crippen LogP contribution in [0.15, 0.2) is 61.2 Å². The van der Waals surface area contributed by atoms with E-state index in [-0.39, 0.29) is 24.9 Å². The average molecular weight is 354 g/mol. The number of nitrogens with zero attached hydrogens (tertiary/aromatic N) is 1. The van der Waals surface area contributed by atoms with Crippen molar-refractivity contribution in [2.75, 3.05) is 24.5 Å². The molecule has 1 saturated heterocycles. The maximum Gasteiger partial charge on any atom is 0.414 e. The predicted octanol–water partition coefficient (Wildman–Crippen LogP) is 4.23. The van der Waals surface area contributed by atoms with Gasteiger partial charge in [0.05, 0.1) is 5.69 Å². The van der Waals surface area contributed by atoms with Gasteiger partial charge >= 0.3 is 6.09 Å². The average Bonchev–Trinajstić information content (AvgIpc) is 3.19. The standard InChI is InChI=1S/C21H23FN2O2/c1-2-12-24(21(25)26-15-16-6-4-3-5-7-16)18-8-9-19(20(22)13-18)17-10-11-23-14-17/h2-9,13,17,23H,1,10-12,14-15H2. The zero-order valence-corrected chi connectivity index (χ0v) is 14.7. The fourth-order valence-electron chi connectivity index (χ4n) is 3.15. The first kappa shape index (κ1) is 18.1. The van der Waals surface area contributed by atoms with Crippen LogP contribution in [0.25, 0.3) is 0 Å². The molecule has 2 aromatic carbocycles. The summed E-state index contributed by atoms with van der Waals surface area (Å²) in [7, 11) is 0. The zero-order chi connectivity index (χ0) is 18.4. The first-order chi connectivity index (χ1) is 12.7. The van der Waals surface area contributed by atoms with Crippen LogP contribution in [0.5, 0.6) is 0 Å². The number of ether oxygens (including phenoxy) is 1. The second-order valence-electron chi connectivity index (χ2n) is 6.34. The van der Waals surface area contributed by atoms with Gasteiger partial charge in [-0.3, -0.25) is 4.90 Å². The number of rotatable bonds is 6. The topological polar surface area (TPSA) is 41.6 Å². The minimum atomic E-state index is -0.525. The molecule has 1 unspecified atom stereocenters. The zero-order valence-electron chi connectivity index (χ0n) is 14.7. The van der Waals surface area contributed by atoms with Crippen LogP contribution in [-0.2, 0) is 11.3 Å². The Kier molecular flexibility index (Phi) is 6.02. The van der Waals surface area contributed by atoms with E-state index in [9.17, 15) is 9.18 Å². The second kappa shape index (κ2) is 8.63. The first-order valence-electron chi connectivity index (χ1n) is 8.78. The van der Waals surface area contributed by atoms with E-state index in [1.807, 2.05) is 30.3 Å². The van der Waals surface area contributed by atoms with E-state index in [0.29, 0.717) is 11.3 Å². The number of carbonyl (C=O) groups excluding carboxylic acids is 1. The highest BCUT2D eigenvalue weighted by atomic mass is 19.1. The molecule has 0 aliphatic carbocycles.